The molecule has 0 bridgehead atoms. The molecule has 1 aromatic rings. The summed E-state index contributed by atoms with van der Waals surface area (Å²) in [5.41, 5.74) is 1.49. The van der Waals surface area contributed by atoms with E-state index >= 15 is 0 Å². The summed E-state index contributed by atoms with van der Waals surface area (Å²) in [6.45, 7) is 5.98. The molecule has 1 aliphatic rings. The minimum atomic E-state index is 0.232. The third kappa shape index (κ3) is 3.73. The van der Waals surface area contributed by atoms with Gasteiger partial charge in [0.05, 0.1) is 6.61 Å². The maximum absolute atomic E-state index is 6.09. The van der Waals surface area contributed by atoms with Crippen LogP contribution >= 0.6 is 11.6 Å². The molecular formula is C16H25ClN2O. The topological polar surface area (TPSA) is 24.5 Å². The first-order valence-corrected chi connectivity index (χ1v) is 7.62. The van der Waals surface area contributed by atoms with Crippen molar-refractivity contribution in [1.29, 1.82) is 0 Å². The van der Waals surface area contributed by atoms with Crippen LogP contribution < -0.4 is 5.32 Å². The average Bonchev–Trinajstić information content (AvgIpc) is 2.86. The summed E-state index contributed by atoms with van der Waals surface area (Å²) >= 11 is 6.09. The Morgan fingerprint density at radius 3 is 2.90 bits per heavy atom. The molecule has 1 saturated heterocycles. The van der Waals surface area contributed by atoms with Gasteiger partial charge in [0, 0.05) is 36.2 Å². The van der Waals surface area contributed by atoms with Crippen LogP contribution in [0, 0.1) is 5.41 Å². The first-order chi connectivity index (χ1) is 9.56. The summed E-state index contributed by atoms with van der Waals surface area (Å²) in [4.78, 5) is 2.40. The molecule has 3 nitrogen and oxygen atoms in total. The maximum atomic E-state index is 6.09. The first kappa shape index (κ1) is 15.8. The molecule has 1 N–H and O–H groups in total. The van der Waals surface area contributed by atoms with Crippen molar-refractivity contribution in [3.05, 3.63) is 34.9 Å². The molecule has 2 atom stereocenters. The Morgan fingerprint density at radius 2 is 2.30 bits per heavy atom. The highest BCUT2D eigenvalue weighted by Gasteiger charge is 2.36. The van der Waals surface area contributed by atoms with E-state index in [1.807, 2.05) is 19.2 Å². The molecule has 112 valence electrons. The third-order valence-corrected chi connectivity index (χ3v) is 4.55. The number of ether oxygens (including phenoxy) is 1. The van der Waals surface area contributed by atoms with E-state index in [-0.39, 0.29) is 5.41 Å². The maximum Gasteiger partial charge on any atom is 0.0547 e. The number of hydrogen-bond acceptors (Lipinski definition) is 3. The van der Waals surface area contributed by atoms with Crippen molar-refractivity contribution in [2.75, 3.05) is 40.4 Å². The van der Waals surface area contributed by atoms with E-state index in [4.69, 9.17) is 16.3 Å². The van der Waals surface area contributed by atoms with Crippen LogP contribution in [0.15, 0.2) is 24.3 Å². The lowest BCUT2D eigenvalue weighted by molar-refractivity contribution is 0.106. The van der Waals surface area contributed by atoms with Gasteiger partial charge >= 0.3 is 0 Å². The second-order valence-electron chi connectivity index (χ2n) is 5.98. The zero-order valence-electron chi connectivity index (χ0n) is 12.7. The lowest BCUT2D eigenvalue weighted by atomic mass is 9.86. The summed E-state index contributed by atoms with van der Waals surface area (Å²) in [5, 5.41) is 4.12. The molecule has 0 aromatic heterocycles. The first-order valence-electron chi connectivity index (χ1n) is 7.24. The minimum Gasteiger partial charge on any atom is -0.381 e. The fourth-order valence-corrected chi connectivity index (χ4v) is 3.23. The van der Waals surface area contributed by atoms with E-state index in [9.17, 15) is 0 Å². The molecule has 0 aliphatic carbocycles. The lowest BCUT2D eigenvalue weighted by Gasteiger charge is -2.35. The summed E-state index contributed by atoms with van der Waals surface area (Å²) in [6, 6.07) is 8.49. The van der Waals surface area contributed by atoms with Crippen molar-refractivity contribution >= 4 is 11.6 Å². The van der Waals surface area contributed by atoms with Crippen molar-refractivity contribution in [2.24, 2.45) is 5.41 Å². The van der Waals surface area contributed by atoms with Crippen molar-refractivity contribution in [2.45, 2.75) is 19.4 Å². The van der Waals surface area contributed by atoms with Gasteiger partial charge in [0.15, 0.2) is 0 Å². The van der Waals surface area contributed by atoms with Crippen LogP contribution in [-0.4, -0.2) is 45.3 Å². The van der Waals surface area contributed by atoms with Crippen LogP contribution in [-0.2, 0) is 4.74 Å². The van der Waals surface area contributed by atoms with Gasteiger partial charge in [0.2, 0.25) is 0 Å². The third-order valence-electron chi connectivity index (χ3n) is 4.31. The van der Waals surface area contributed by atoms with E-state index in [1.54, 1.807) is 0 Å². The number of rotatable bonds is 6. The van der Waals surface area contributed by atoms with E-state index in [0.717, 1.165) is 37.7 Å². The number of hydrogen-bond donors (Lipinski definition) is 1. The predicted octanol–water partition coefficient (Wildman–Crippen LogP) is 2.96. The van der Waals surface area contributed by atoms with Gasteiger partial charge in [0.25, 0.3) is 0 Å². The fraction of sp³-hybridized carbons (Fsp3) is 0.625. The Morgan fingerprint density at radius 1 is 1.50 bits per heavy atom. The van der Waals surface area contributed by atoms with Crippen LogP contribution in [0.25, 0.3) is 0 Å². The molecule has 20 heavy (non-hydrogen) atoms. The van der Waals surface area contributed by atoms with Crippen LogP contribution in [0.3, 0.4) is 0 Å². The van der Waals surface area contributed by atoms with Crippen LogP contribution in [0.5, 0.6) is 0 Å². The molecule has 4 heteroatoms. The van der Waals surface area contributed by atoms with Gasteiger partial charge < -0.3 is 10.1 Å². The number of nitrogens with one attached hydrogen (secondary N) is 1. The Hall–Kier alpha value is -0.610. The number of halogens is 1. The van der Waals surface area contributed by atoms with Gasteiger partial charge in [-0.15, -0.1) is 0 Å². The van der Waals surface area contributed by atoms with E-state index < -0.39 is 0 Å². The fourth-order valence-electron chi connectivity index (χ4n) is 3.03. The molecule has 1 aromatic carbocycles. The lowest BCUT2D eigenvalue weighted by Crippen LogP contribution is -2.43. The molecular weight excluding hydrogens is 272 g/mol. The monoisotopic (exact) mass is 296 g/mol. The molecule has 0 spiro atoms. The van der Waals surface area contributed by atoms with E-state index in [2.05, 4.69) is 36.3 Å². The SMILES string of the molecule is CNCC1(CN(C)C(C)c2cccc(Cl)c2)CCOC1. The molecule has 2 unspecified atom stereocenters. The zero-order chi connectivity index (χ0) is 14.6. The van der Waals surface area contributed by atoms with Crippen LogP contribution in [0.2, 0.25) is 5.02 Å². The second kappa shape index (κ2) is 6.90. The Labute approximate surface area is 127 Å². The normalized spacial score (nSPS) is 24.2. The molecule has 1 aliphatic heterocycles. The second-order valence-corrected chi connectivity index (χ2v) is 6.42. The van der Waals surface area contributed by atoms with Crippen molar-refractivity contribution in [3.8, 4) is 0 Å². The largest absolute Gasteiger partial charge is 0.381 e. The molecule has 2 rings (SSSR count). The van der Waals surface area contributed by atoms with Crippen molar-refractivity contribution in [1.82, 2.24) is 10.2 Å². The quantitative estimate of drug-likeness (QED) is 0.873. The number of nitrogens with zero attached hydrogens (tertiary/aromatic N) is 1. The zero-order valence-corrected chi connectivity index (χ0v) is 13.4. The highest BCUT2D eigenvalue weighted by atomic mass is 35.5. The van der Waals surface area contributed by atoms with Crippen LogP contribution in [0.1, 0.15) is 24.9 Å². The van der Waals surface area contributed by atoms with Crippen LogP contribution in [0.4, 0.5) is 0 Å². The molecule has 1 fully saturated rings. The van der Waals surface area contributed by atoms with Crippen molar-refractivity contribution < 1.29 is 4.74 Å². The Kier molecular flexibility index (Phi) is 5.44. The van der Waals surface area contributed by atoms with E-state index in [0.29, 0.717) is 6.04 Å². The highest BCUT2D eigenvalue weighted by Crippen LogP contribution is 2.32. The standard InChI is InChI=1S/C16H25ClN2O/c1-13(14-5-4-6-15(17)9-14)19(3)11-16(10-18-2)7-8-20-12-16/h4-6,9,13,18H,7-8,10-12H2,1-3H3. The predicted molar refractivity (Wildman–Crippen MR) is 84.3 cm³/mol. The summed E-state index contributed by atoms with van der Waals surface area (Å²) < 4.78 is 5.63. The Balaban J connectivity index is 2.04. The van der Waals surface area contributed by atoms with Gasteiger partial charge in [-0.3, -0.25) is 4.90 Å². The van der Waals surface area contributed by atoms with E-state index in [1.165, 1.54) is 5.56 Å². The van der Waals surface area contributed by atoms with Gasteiger partial charge in [-0.1, -0.05) is 23.7 Å². The van der Waals surface area contributed by atoms with Gasteiger partial charge in [0.1, 0.15) is 0 Å². The van der Waals surface area contributed by atoms with Crippen molar-refractivity contribution in [3.63, 3.8) is 0 Å². The molecule has 1 heterocycles. The molecule has 0 saturated carbocycles. The summed E-state index contributed by atoms with van der Waals surface area (Å²) in [6.07, 6.45) is 1.13. The smallest absolute Gasteiger partial charge is 0.0547 e. The Bertz CT molecular complexity index is 432. The minimum absolute atomic E-state index is 0.232. The van der Waals surface area contributed by atoms with Gasteiger partial charge in [-0.05, 0) is 45.1 Å². The average molecular weight is 297 g/mol. The highest BCUT2D eigenvalue weighted by molar-refractivity contribution is 6.30. The molecule has 0 amide bonds. The van der Waals surface area contributed by atoms with Gasteiger partial charge in [-0.2, -0.15) is 0 Å². The summed E-state index contributed by atoms with van der Waals surface area (Å²) in [5.74, 6) is 0. The summed E-state index contributed by atoms with van der Waals surface area (Å²) in [7, 11) is 4.20. The van der Waals surface area contributed by atoms with Gasteiger partial charge in [-0.25, -0.2) is 0 Å². The number of benzene rings is 1. The molecule has 0 radical (unpaired) electrons.